The van der Waals surface area contributed by atoms with Crippen molar-refractivity contribution in [2.75, 3.05) is 0 Å². The quantitative estimate of drug-likeness (QED) is 0.279. The van der Waals surface area contributed by atoms with E-state index in [1.807, 2.05) is 54.6 Å². The summed E-state index contributed by atoms with van der Waals surface area (Å²) in [6, 6.07) is 25.2. The van der Waals surface area contributed by atoms with Crippen LogP contribution in [0.2, 0.25) is 5.02 Å². The minimum absolute atomic E-state index is 0.0952. The molecule has 0 N–H and O–H groups in total. The molecule has 0 atom stereocenters. The number of para-hydroxylation sites is 1. The molecular weight excluding hydrogens is 388 g/mol. The third-order valence-corrected chi connectivity index (χ3v) is 5.63. The predicted octanol–water partition coefficient (Wildman–Crippen LogP) is 8.73. The van der Waals surface area contributed by atoms with Crippen molar-refractivity contribution < 1.29 is 9.90 Å². The smallest absolute Gasteiger partial charge is 0.136 e. The first-order valence-electron chi connectivity index (χ1n) is 11.6. The van der Waals surface area contributed by atoms with Crippen LogP contribution in [0, 0.1) is 0 Å². The van der Waals surface area contributed by atoms with Crippen LogP contribution in [0.25, 0.3) is 55.0 Å². The second-order valence-electron chi connectivity index (χ2n) is 7.24. The third-order valence-electron chi connectivity index (χ3n) is 5.44. The van der Waals surface area contributed by atoms with Crippen LogP contribution in [-0.2, 0) is 0 Å². The van der Waals surface area contributed by atoms with E-state index in [0.717, 1.165) is 43.8 Å². The Bertz CT molecular complexity index is 1740. The van der Waals surface area contributed by atoms with Crippen molar-refractivity contribution in [2.24, 2.45) is 0 Å². The third kappa shape index (κ3) is 2.79. The van der Waals surface area contributed by atoms with Gasteiger partial charge in [-0.05, 0) is 69.4 Å². The van der Waals surface area contributed by atoms with Gasteiger partial charge in [0.15, 0.2) is 0 Å². The van der Waals surface area contributed by atoms with Crippen molar-refractivity contribution in [1.82, 2.24) is 0 Å². The van der Waals surface area contributed by atoms with E-state index in [2.05, 4.69) is 24.3 Å². The highest BCUT2D eigenvalue weighted by molar-refractivity contribution is 6.30. The Morgan fingerprint density at radius 3 is 2.37 bits per heavy atom. The summed E-state index contributed by atoms with van der Waals surface area (Å²) in [5.41, 5.74) is 4.77. The maximum Gasteiger partial charge on any atom is 0.136 e. The molecule has 142 valence electrons. The zero-order chi connectivity index (χ0) is 23.6. The lowest BCUT2D eigenvalue weighted by Gasteiger charge is -2.08. The van der Waals surface area contributed by atoms with Gasteiger partial charge in [-0.15, -0.1) is 0 Å². The van der Waals surface area contributed by atoms with Crippen LogP contribution in [0.5, 0.6) is 0 Å². The maximum absolute atomic E-state index is 8.33. The number of hydrogen-bond acceptors (Lipinski definition) is 1. The lowest BCUT2D eigenvalue weighted by molar-refractivity contribution is 0.669. The second kappa shape index (κ2) is 6.76. The molecule has 5 aromatic carbocycles. The van der Waals surface area contributed by atoms with E-state index in [1.54, 1.807) is 0 Å². The van der Waals surface area contributed by atoms with Gasteiger partial charge in [0.25, 0.3) is 0 Å². The summed E-state index contributed by atoms with van der Waals surface area (Å²) in [4.78, 5) is 0. The molecule has 0 amide bonds. The molecule has 0 bridgehead atoms. The summed E-state index contributed by atoms with van der Waals surface area (Å²) >= 11 is 6.11. The van der Waals surface area contributed by atoms with E-state index in [4.69, 9.17) is 21.5 Å². The van der Waals surface area contributed by atoms with Crippen molar-refractivity contribution in [3.8, 4) is 22.3 Å². The molecule has 2 heteroatoms. The maximum atomic E-state index is 8.33. The highest BCUT2D eigenvalue weighted by atomic mass is 35.5. The molecule has 6 aromatic rings. The zero-order valence-corrected chi connectivity index (χ0v) is 16.5. The molecule has 0 aliphatic heterocycles. The van der Waals surface area contributed by atoms with Crippen molar-refractivity contribution >= 4 is 44.3 Å². The normalized spacial score (nSPS) is 13.4. The van der Waals surface area contributed by atoms with Crippen LogP contribution in [0.15, 0.2) is 107 Å². The Labute approximate surface area is 184 Å². The van der Waals surface area contributed by atoms with Gasteiger partial charge >= 0.3 is 0 Å². The highest BCUT2D eigenvalue weighted by Crippen LogP contribution is 2.37. The average Bonchev–Trinajstić information content (AvgIpc) is 3.25. The molecule has 0 saturated heterocycles. The van der Waals surface area contributed by atoms with E-state index in [1.165, 1.54) is 0 Å². The average molecular weight is 409 g/mol. The topological polar surface area (TPSA) is 13.1 Å². The molecular formula is C28H17ClO. The first-order chi connectivity index (χ1) is 16.4. The van der Waals surface area contributed by atoms with E-state index in [0.29, 0.717) is 5.56 Å². The SMILES string of the molecule is [2H]c1c([2H])c(Cl)c([2H])c(-c2ccc3cc(-c4cccc5oc6ccccc6c45)ccc3c2)c1[2H]. The van der Waals surface area contributed by atoms with Gasteiger partial charge in [-0.25, -0.2) is 0 Å². The minimum atomic E-state index is -0.285. The van der Waals surface area contributed by atoms with Crippen LogP contribution >= 0.6 is 11.6 Å². The second-order valence-corrected chi connectivity index (χ2v) is 7.62. The number of benzene rings is 5. The van der Waals surface area contributed by atoms with Gasteiger partial charge in [-0.2, -0.15) is 0 Å². The summed E-state index contributed by atoms with van der Waals surface area (Å²) in [5, 5.41) is 4.02. The van der Waals surface area contributed by atoms with Gasteiger partial charge < -0.3 is 4.42 Å². The van der Waals surface area contributed by atoms with Crippen LogP contribution in [0.3, 0.4) is 0 Å². The number of rotatable bonds is 2. The molecule has 0 unspecified atom stereocenters. The van der Waals surface area contributed by atoms with Crippen LogP contribution in [0.1, 0.15) is 5.48 Å². The largest absolute Gasteiger partial charge is 0.456 e. The van der Waals surface area contributed by atoms with Crippen molar-refractivity contribution in [1.29, 1.82) is 0 Å². The van der Waals surface area contributed by atoms with Gasteiger partial charge in [0, 0.05) is 15.8 Å². The molecule has 0 fully saturated rings. The first-order valence-corrected chi connectivity index (χ1v) is 10.0. The number of furan rings is 1. The summed E-state index contributed by atoms with van der Waals surface area (Å²) in [5.74, 6) is 0. The summed E-state index contributed by atoms with van der Waals surface area (Å²) < 4.78 is 38.5. The van der Waals surface area contributed by atoms with E-state index < -0.39 is 0 Å². The van der Waals surface area contributed by atoms with Gasteiger partial charge in [-0.1, -0.05) is 78.3 Å². The summed E-state index contributed by atoms with van der Waals surface area (Å²) in [6.45, 7) is 0. The van der Waals surface area contributed by atoms with E-state index in [9.17, 15) is 0 Å². The fourth-order valence-corrected chi connectivity index (χ4v) is 4.19. The molecule has 0 spiro atoms. The molecule has 0 aliphatic carbocycles. The monoisotopic (exact) mass is 408 g/mol. The fourth-order valence-electron chi connectivity index (χ4n) is 4.05. The Kier molecular flexibility index (Phi) is 3.07. The van der Waals surface area contributed by atoms with Crippen LogP contribution < -0.4 is 0 Å². The Hall–Kier alpha value is -3.55. The Balaban J connectivity index is 1.52. The van der Waals surface area contributed by atoms with Gasteiger partial charge in [0.05, 0.1) is 5.48 Å². The molecule has 1 heterocycles. The first kappa shape index (κ1) is 13.6. The molecule has 6 rings (SSSR count). The zero-order valence-electron chi connectivity index (χ0n) is 19.8. The molecule has 0 aliphatic rings. The standard InChI is InChI=1S/C28H17ClO/c29-23-6-3-5-18(17-23)19-11-12-21-16-22(14-13-20(21)15-19)24-8-4-10-27-28(24)25-7-1-2-9-26(25)30-27/h1-17H/i3D,5D,6D,17D. The van der Waals surface area contributed by atoms with Crippen LogP contribution in [-0.4, -0.2) is 0 Å². The van der Waals surface area contributed by atoms with E-state index in [-0.39, 0.29) is 34.8 Å². The summed E-state index contributed by atoms with van der Waals surface area (Å²) in [6.07, 6.45) is 0. The molecule has 1 aromatic heterocycles. The fraction of sp³-hybridized carbons (Fsp3) is 0. The lowest BCUT2D eigenvalue weighted by Crippen LogP contribution is -1.83. The van der Waals surface area contributed by atoms with Crippen molar-refractivity contribution in [3.05, 3.63) is 108 Å². The predicted molar refractivity (Wildman–Crippen MR) is 127 cm³/mol. The molecule has 1 nitrogen and oxygen atoms in total. The Morgan fingerprint density at radius 1 is 0.700 bits per heavy atom. The van der Waals surface area contributed by atoms with Crippen molar-refractivity contribution in [2.45, 2.75) is 0 Å². The molecule has 0 radical (unpaired) electrons. The number of halogens is 1. The van der Waals surface area contributed by atoms with Gasteiger partial charge in [0.2, 0.25) is 0 Å². The Morgan fingerprint density at radius 2 is 1.47 bits per heavy atom. The van der Waals surface area contributed by atoms with Crippen molar-refractivity contribution in [3.63, 3.8) is 0 Å². The van der Waals surface area contributed by atoms with Crippen LogP contribution in [0.4, 0.5) is 0 Å². The lowest BCUT2D eigenvalue weighted by atomic mass is 9.95. The van der Waals surface area contributed by atoms with Gasteiger partial charge in [0.1, 0.15) is 11.2 Å². The molecule has 30 heavy (non-hydrogen) atoms. The van der Waals surface area contributed by atoms with Gasteiger partial charge in [-0.3, -0.25) is 0 Å². The highest BCUT2D eigenvalue weighted by Gasteiger charge is 2.12. The van der Waals surface area contributed by atoms with E-state index >= 15 is 0 Å². The molecule has 0 saturated carbocycles. The minimum Gasteiger partial charge on any atom is -0.456 e. The summed E-state index contributed by atoms with van der Waals surface area (Å²) in [7, 11) is 0. The number of fused-ring (bicyclic) bond motifs is 4. The number of hydrogen-bond donors (Lipinski definition) is 0.